The molecule has 15 heavy (non-hydrogen) atoms. The summed E-state index contributed by atoms with van der Waals surface area (Å²) in [4.78, 5) is 14.7. The first kappa shape index (κ1) is 12.2. The van der Waals surface area contributed by atoms with E-state index in [1.165, 1.54) is 4.88 Å². The minimum absolute atomic E-state index is 0.0736. The van der Waals surface area contributed by atoms with Crippen molar-refractivity contribution in [3.05, 3.63) is 22.4 Å². The molecule has 1 heterocycles. The second kappa shape index (κ2) is 5.28. The summed E-state index contributed by atoms with van der Waals surface area (Å²) in [5, 5.41) is 2.02. The first-order chi connectivity index (χ1) is 7.02. The van der Waals surface area contributed by atoms with Crippen LogP contribution in [0.3, 0.4) is 0 Å². The molecule has 0 aliphatic rings. The van der Waals surface area contributed by atoms with E-state index in [0.717, 1.165) is 0 Å². The van der Waals surface area contributed by atoms with Crippen LogP contribution < -0.4 is 5.73 Å². The number of hydrogen-bond donors (Lipinski definition) is 1. The number of carbonyl (C=O) groups excluding carboxylic acids is 1. The molecule has 0 radical (unpaired) electrons. The molecule has 0 aliphatic heterocycles. The van der Waals surface area contributed by atoms with Crippen LogP contribution in [-0.4, -0.2) is 23.9 Å². The first-order valence-corrected chi connectivity index (χ1v) is 5.95. The second-order valence-corrected chi connectivity index (χ2v) is 4.86. The lowest BCUT2D eigenvalue weighted by atomic mass is 10.2. The maximum atomic E-state index is 11.7. The Balaban J connectivity index is 2.60. The van der Waals surface area contributed by atoms with E-state index in [2.05, 4.69) is 0 Å². The van der Waals surface area contributed by atoms with Gasteiger partial charge in [-0.15, -0.1) is 11.3 Å². The molecule has 1 amide bonds. The molecule has 3 nitrogen and oxygen atoms in total. The van der Waals surface area contributed by atoms with E-state index in [9.17, 15) is 4.79 Å². The molecule has 0 aliphatic carbocycles. The van der Waals surface area contributed by atoms with Gasteiger partial charge in [0.15, 0.2) is 0 Å². The van der Waals surface area contributed by atoms with Gasteiger partial charge >= 0.3 is 0 Å². The van der Waals surface area contributed by atoms with Crippen LogP contribution in [0.1, 0.15) is 31.2 Å². The van der Waals surface area contributed by atoms with E-state index >= 15 is 0 Å². The van der Waals surface area contributed by atoms with Crippen LogP contribution in [0.4, 0.5) is 0 Å². The lowest BCUT2D eigenvalue weighted by Gasteiger charge is -2.24. The Hall–Kier alpha value is -0.870. The topological polar surface area (TPSA) is 46.3 Å². The van der Waals surface area contributed by atoms with Gasteiger partial charge in [-0.3, -0.25) is 4.79 Å². The molecule has 1 aromatic rings. The zero-order chi connectivity index (χ0) is 11.4. The van der Waals surface area contributed by atoms with Gasteiger partial charge in [-0.25, -0.2) is 0 Å². The van der Waals surface area contributed by atoms with Gasteiger partial charge in [0, 0.05) is 24.4 Å². The molecule has 1 rings (SSSR count). The van der Waals surface area contributed by atoms with Crippen molar-refractivity contribution >= 4 is 17.2 Å². The lowest BCUT2D eigenvalue weighted by Crippen LogP contribution is -2.33. The molecule has 2 N–H and O–H groups in total. The summed E-state index contributed by atoms with van der Waals surface area (Å²) in [6.07, 6.45) is 0.409. The molecule has 0 fully saturated rings. The third kappa shape index (κ3) is 3.32. The first-order valence-electron chi connectivity index (χ1n) is 5.07. The Morgan fingerprint density at radius 2 is 2.27 bits per heavy atom. The van der Waals surface area contributed by atoms with E-state index in [1.807, 2.05) is 38.4 Å². The highest BCUT2D eigenvalue weighted by Gasteiger charge is 2.18. The SMILES string of the molecule is CC(N)CC(=O)N(C)C(C)c1cccs1. The van der Waals surface area contributed by atoms with Gasteiger partial charge in [-0.05, 0) is 25.3 Å². The van der Waals surface area contributed by atoms with Gasteiger partial charge in [0.05, 0.1) is 6.04 Å². The molecule has 4 heteroatoms. The van der Waals surface area contributed by atoms with Gasteiger partial charge in [-0.2, -0.15) is 0 Å². The normalized spacial score (nSPS) is 14.7. The molecule has 0 bridgehead atoms. The summed E-state index contributed by atoms with van der Waals surface area (Å²) in [6.45, 7) is 3.88. The van der Waals surface area contributed by atoms with Gasteiger partial charge < -0.3 is 10.6 Å². The molecular formula is C11H18N2OS. The third-order valence-electron chi connectivity index (χ3n) is 2.43. The highest BCUT2D eigenvalue weighted by atomic mass is 32.1. The molecule has 1 aromatic heterocycles. The fourth-order valence-corrected chi connectivity index (χ4v) is 2.18. The van der Waals surface area contributed by atoms with Crippen LogP contribution in [0.5, 0.6) is 0 Å². The largest absolute Gasteiger partial charge is 0.338 e. The van der Waals surface area contributed by atoms with E-state index in [0.29, 0.717) is 6.42 Å². The second-order valence-electron chi connectivity index (χ2n) is 3.88. The minimum Gasteiger partial charge on any atom is -0.338 e. The summed E-state index contributed by atoms with van der Waals surface area (Å²) < 4.78 is 0. The summed E-state index contributed by atoms with van der Waals surface area (Å²) in [5.74, 6) is 0.103. The summed E-state index contributed by atoms with van der Waals surface area (Å²) in [7, 11) is 1.83. The van der Waals surface area contributed by atoms with Gasteiger partial charge in [0.25, 0.3) is 0 Å². The van der Waals surface area contributed by atoms with E-state index in [4.69, 9.17) is 5.73 Å². The van der Waals surface area contributed by atoms with Crippen molar-refractivity contribution in [2.75, 3.05) is 7.05 Å². The fourth-order valence-electron chi connectivity index (χ4n) is 1.36. The van der Waals surface area contributed by atoms with Crippen molar-refractivity contribution in [2.45, 2.75) is 32.4 Å². The van der Waals surface area contributed by atoms with Gasteiger partial charge in [0.1, 0.15) is 0 Å². The van der Waals surface area contributed by atoms with Crippen LogP contribution in [0.15, 0.2) is 17.5 Å². The Bertz CT molecular complexity index is 308. The number of hydrogen-bond acceptors (Lipinski definition) is 3. The van der Waals surface area contributed by atoms with Crippen LogP contribution in [0.25, 0.3) is 0 Å². The van der Waals surface area contributed by atoms with Gasteiger partial charge in [-0.1, -0.05) is 6.07 Å². The summed E-state index contributed by atoms with van der Waals surface area (Å²) in [6, 6.07) is 4.11. The molecular weight excluding hydrogens is 208 g/mol. The number of carbonyl (C=O) groups is 1. The Morgan fingerprint density at radius 3 is 2.73 bits per heavy atom. The third-order valence-corrected chi connectivity index (χ3v) is 3.47. The van der Waals surface area contributed by atoms with E-state index in [1.54, 1.807) is 16.2 Å². The Labute approximate surface area is 94.9 Å². The van der Waals surface area contributed by atoms with Crippen molar-refractivity contribution in [1.29, 1.82) is 0 Å². The molecule has 84 valence electrons. The molecule has 0 saturated heterocycles. The number of amides is 1. The molecule has 0 spiro atoms. The molecule has 0 aromatic carbocycles. The average Bonchev–Trinajstić information content (AvgIpc) is 2.67. The number of thiophene rings is 1. The predicted molar refractivity (Wildman–Crippen MR) is 63.8 cm³/mol. The summed E-state index contributed by atoms with van der Waals surface area (Å²) in [5.41, 5.74) is 5.61. The smallest absolute Gasteiger partial charge is 0.224 e. The van der Waals surface area contributed by atoms with Crippen LogP contribution in [-0.2, 0) is 4.79 Å². The highest BCUT2D eigenvalue weighted by molar-refractivity contribution is 7.10. The van der Waals surface area contributed by atoms with Gasteiger partial charge in [0.2, 0.25) is 5.91 Å². The number of nitrogens with two attached hydrogens (primary N) is 1. The molecule has 2 unspecified atom stereocenters. The van der Waals surface area contributed by atoms with Crippen molar-refractivity contribution in [3.63, 3.8) is 0 Å². The summed E-state index contributed by atoms with van der Waals surface area (Å²) >= 11 is 1.67. The van der Waals surface area contributed by atoms with E-state index < -0.39 is 0 Å². The zero-order valence-corrected chi connectivity index (χ0v) is 10.3. The molecule has 2 atom stereocenters. The number of nitrogens with zero attached hydrogens (tertiary/aromatic N) is 1. The van der Waals surface area contributed by atoms with Crippen molar-refractivity contribution in [2.24, 2.45) is 5.73 Å². The average molecular weight is 226 g/mol. The van der Waals surface area contributed by atoms with Crippen molar-refractivity contribution in [3.8, 4) is 0 Å². The maximum Gasteiger partial charge on any atom is 0.224 e. The Kier molecular flexibility index (Phi) is 4.29. The minimum atomic E-state index is -0.0736. The maximum absolute atomic E-state index is 11.7. The van der Waals surface area contributed by atoms with Crippen LogP contribution >= 0.6 is 11.3 Å². The van der Waals surface area contributed by atoms with Crippen molar-refractivity contribution in [1.82, 2.24) is 4.90 Å². The number of rotatable bonds is 4. The van der Waals surface area contributed by atoms with Crippen LogP contribution in [0, 0.1) is 0 Å². The predicted octanol–water partition coefficient (Wildman–Crippen LogP) is 2.00. The van der Waals surface area contributed by atoms with Crippen molar-refractivity contribution < 1.29 is 4.79 Å². The Morgan fingerprint density at radius 1 is 1.60 bits per heavy atom. The lowest BCUT2D eigenvalue weighted by molar-refractivity contribution is -0.132. The highest BCUT2D eigenvalue weighted by Crippen LogP contribution is 2.23. The monoisotopic (exact) mass is 226 g/mol. The molecule has 0 saturated carbocycles. The zero-order valence-electron chi connectivity index (χ0n) is 9.43. The standard InChI is InChI=1S/C11H18N2OS/c1-8(12)7-11(14)13(3)9(2)10-5-4-6-15-10/h4-6,8-9H,7,12H2,1-3H3. The quantitative estimate of drug-likeness (QED) is 0.853. The fraction of sp³-hybridized carbons (Fsp3) is 0.545. The van der Waals surface area contributed by atoms with Crippen LogP contribution in [0.2, 0.25) is 0 Å². The van der Waals surface area contributed by atoms with E-state index in [-0.39, 0.29) is 18.0 Å².